The summed E-state index contributed by atoms with van der Waals surface area (Å²) in [5, 5.41) is 11.2. The molecule has 2 aromatic rings. The summed E-state index contributed by atoms with van der Waals surface area (Å²) in [5.41, 5.74) is 1.27. The quantitative estimate of drug-likeness (QED) is 0.751. The van der Waals surface area contributed by atoms with Crippen molar-refractivity contribution in [1.82, 2.24) is 25.2 Å². The van der Waals surface area contributed by atoms with Crippen LogP contribution in [-0.2, 0) is 17.9 Å². The maximum Gasteiger partial charge on any atom is 0.340 e. The van der Waals surface area contributed by atoms with E-state index >= 15 is 0 Å². The molecule has 0 amide bonds. The summed E-state index contributed by atoms with van der Waals surface area (Å²) in [6.07, 6.45) is 2.40. The average Bonchev–Trinajstić information content (AvgIpc) is 2.85. The normalized spacial score (nSPS) is 10.4. The SMILES string of the molecule is CCCn1nnnc1COC(=O)c1ccc(C)nc1. The van der Waals surface area contributed by atoms with Gasteiger partial charge in [0.2, 0.25) is 0 Å². The summed E-state index contributed by atoms with van der Waals surface area (Å²) < 4.78 is 6.78. The van der Waals surface area contributed by atoms with Gasteiger partial charge in [0.05, 0.1) is 5.56 Å². The van der Waals surface area contributed by atoms with Gasteiger partial charge in [-0.25, -0.2) is 9.48 Å². The Hall–Kier alpha value is -2.31. The molecule has 0 N–H and O–H groups in total. The lowest BCUT2D eigenvalue weighted by Gasteiger charge is -2.05. The number of hydrogen-bond donors (Lipinski definition) is 0. The molecule has 2 rings (SSSR count). The van der Waals surface area contributed by atoms with Gasteiger partial charge in [-0.05, 0) is 35.9 Å². The van der Waals surface area contributed by atoms with E-state index in [4.69, 9.17) is 4.74 Å². The van der Waals surface area contributed by atoms with Gasteiger partial charge in [-0.2, -0.15) is 0 Å². The molecule has 2 aromatic heterocycles. The molecule has 7 heteroatoms. The van der Waals surface area contributed by atoms with Crippen molar-refractivity contribution in [1.29, 1.82) is 0 Å². The molecule has 0 aromatic carbocycles. The van der Waals surface area contributed by atoms with Gasteiger partial charge in [-0.3, -0.25) is 4.98 Å². The lowest BCUT2D eigenvalue weighted by atomic mass is 10.2. The third-order valence-corrected chi connectivity index (χ3v) is 2.52. The Labute approximate surface area is 110 Å². The Morgan fingerprint density at radius 1 is 1.42 bits per heavy atom. The number of esters is 1. The zero-order valence-corrected chi connectivity index (χ0v) is 10.9. The van der Waals surface area contributed by atoms with Crippen LogP contribution in [0, 0.1) is 6.92 Å². The average molecular weight is 261 g/mol. The third-order valence-electron chi connectivity index (χ3n) is 2.52. The van der Waals surface area contributed by atoms with Crippen LogP contribution in [0.3, 0.4) is 0 Å². The van der Waals surface area contributed by atoms with Crippen molar-refractivity contribution in [2.75, 3.05) is 0 Å². The molecule has 0 aliphatic heterocycles. The fraction of sp³-hybridized carbons (Fsp3) is 0.417. The summed E-state index contributed by atoms with van der Waals surface area (Å²) in [7, 11) is 0. The van der Waals surface area contributed by atoms with Gasteiger partial charge >= 0.3 is 5.97 Å². The predicted octanol–water partition coefficient (Wildman–Crippen LogP) is 1.14. The highest BCUT2D eigenvalue weighted by molar-refractivity contribution is 5.88. The van der Waals surface area contributed by atoms with Crippen LogP contribution in [-0.4, -0.2) is 31.2 Å². The van der Waals surface area contributed by atoms with Crippen molar-refractivity contribution >= 4 is 5.97 Å². The van der Waals surface area contributed by atoms with Crippen LogP contribution in [0.4, 0.5) is 0 Å². The van der Waals surface area contributed by atoms with Crippen LogP contribution in [0.2, 0.25) is 0 Å². The van der Waals surface area contributed by atoms with Crippen LogP contribution >= 0.6 is 0 Å². The van der Waals surface area contributed by atoms with Gasteiger partial charge in [0.15, 0.2) is 12.4 Å². The summed E-state index contributed by atoms with van der Waals surface area (Å²) in [6, 6.07) is 3.44. The first-order valence-electron chi connectivity index (χ1n) is 6.05. The zero-order chi connectivity index (χ0) is 13.7. The number of aryl methyl sites for hydroxylation is 2. The van der Waals surface area contributed by atoms with Crippen LogP contribution in [0.25, 0.3) is 0 Å². The molecule has 7 nitrogen and oxygen atoms in total. The Morgan fingerprint density at radius 2 is 2.26 bits per heavy atom. The minimum Gasteiger partial charge on any atom is -0.454 e. The lowest BCUT2D eigenvalue weighted by molar-refractivity contribution is 0.0456. The highest BCUT2D eigenvalue weighted by Crippen LogP contribution is 2.04. The number of nitrogens with zero attached hydrogens (tertiary/aromatic N) is 5. The topological polar surface area (TPSA) is 82.8 Å². The molecule has 0 aliphatic carbocycles. The highest BCUT2D eigenvalue weighted by Gasteiger charge is 2.11. The summed E-state index contributed by atoms with van der Waals surface area (Å²) in [4.78, 5) is 15.8. The highest BCUT2D eigenvalue weighted by atomic mass is 16.5. The number of carbonyl (C=O) groups excluding carboxylic acids is 1. The number of rotatable bonds is 5. The molecule has 0 spiro atoms. The van der Waals surface area contributed by atoms with Gasteiger partial charge in [-0.1, -0.05) is 6.92 Å². The smallest absolute Gasteiger partial charge is 0.340 e. The molecule has 0 saturated carbocycles. The van der Waals surface area contributed by atoms with Crippen molar-refractivity contribution in [2.24, 2.45) is 0 Å². The molecule has 0 atom stereocenters. The number of carbonyl (C=O) groups is 1. The number of hydrogen-bond acceptors (Lipinski definition) is 6. The summed E-state index contributed by atoms with van der Waals surface area (Å²) in [6.45, 7) is 4.63. The number of tetrazole rings is 1. The molecular weight excluding hydrogens is 246 g/mol. The van der Waals surface area contributed by atoms with Crippen molar-refractivity contribution in [3.63, 3.8) is 0 Å². The molecule has 0 aliphatic rings. The van der Waals surface area contributed by atoms with Crippen LogP contribution in [0.1, 0.15) is 35.2 Å². The molecule has 0 bridgehead atoms. The second kappa shape index (κ2) is 6.03. The maximum absolute atomic E-state index is 11.8. The molecule has 100 valence electrons. The van der Waals surface area contributed by atoms with Gasteiger partial charge < -0.3 is 4.74 Å². The molecule has 0 unspecified atom stereocenters. The summed E-state index contributed by atoms with van der Waals surface area (Å²) in [5.74, 6) is 0.105. The Bertz CT molecular complexity index is 550. The van der Waals surface area contributed by atoms with E-state index in [1.807, 2.05) is 13.8 Å². The number of aromatic nitrogens is 5. The van der Waals surface area contributed by atoms with Crippen molar-refractivity contribution in [3.8, 4) is 0 Å². The molecule has 0 fully saturated rings. The Kier molecular flexibility index (Phi) is 4.17. The first-order chi connectivity index (χ1) is 9.20. The van der Waals surface area contributed by atoms with Crippen molar-refractivity contribution < 1.29 is 9.53 Å². The van der Waals surface area contributed by atoms with E-state index in [0.717, 1.165) is 12.1 Å². The Morgan fingerprint density at radius 3 is 2.95 bits per heavy atom. The number of pyridine rings is 1. The molecule has 2 heterocycles. The van der Waals surface area contributed by atoms with E-state index in [2.05, 4.69) is 20.5 Å². The largest absolute Gasteiger partial charge is 0.454 e. The lowest BCUT2D eigenvalue weighted by Crippen LogP contribution is -2.11. The van der Waals surface area contributed by atoms with Gasteiger partial charge in [0, 0.05) is 18.4 Å². The molecule has 0 radical (unpaired) electrons. The van der Waals surface area contributed by atoms with E-state index in [1.165, 1.54) is 6.20 Å². The third kappa shape index (κ3) is 3.34. The standard InChI is InChI=1S/C12H15N5O2/c1-3-6-17-11(14-15-16-17)8-19-12(18)10-5-4-9(2)13-7-10/h4-5,7H,3,6,8H2,1-2H3. The zero-order valence-electron chi connectivity index (χ0n) is 10.9. The number of ether oxygens (including phenoxy) is 1. The van der Waals surface area contributed by atoms with E-state index < -0.39 is 5.97 Å². The van der Waals surface area contributed by atoms with Crippen LogP contribution in [0.5, 0.6) is 0 Å². The van der Waals surface area contributed by atoms with E-state index in [9.17, 15) is 4.79 Å². The van der Waals surface area contributed by atoms with Crippen LogP contribution < -0.4 is 0 Å². The maximum atomic E-state index is 11.8. The van der Waals surface area contributed by atoms with Gasteiger partial charge in [-0.15, -0.1) is 5.10 Å². The van der Waals surface area contributed by atoms with Crippen molar-refractivity contribution in [2.45, 2.75) is 33.4 Å². The van der Waals surface area contributed by atoms with E-state index in [0.29, 0.717) is 17.9 Å². The minimum absolute atomic E-state index is 0.0553. The van der Waals surface area contributed by atoms with Crippen molar-refractivity contribution in [3.05, 3.63) is 35.4 Å². The molecular formula is C12H15N5O2. The fourth-order valence-corrected chi connectivity index (χ4v) is 1.51. The minimum atomic E-state index is -0.432. The molecule has 0 saturated heterocycles. The first-order valence-corrected chi connectivity index (χ1v) is 6.05. The van der Waals surface area contributed by atoms with E-state index in [-0.39, 0.29) is 6.61 Å². The van der Waals surface area contributed by atoms with E-state index in [1.54, 1.807) is 16.8 Å². The first kappa shape index (κ1) is 13.1. The predicted molar refractivity (Wildman–Crippen MR) is 66.2 cm³/mol. The fourth-order valence-electron chi connectivity index (χ4n) is 1.51. The second-order valence-electron chi connectivity index (χ2n) is 4.08. The summed E-state index contributed by atoms with van der Waals surface area (Å²) >= 11 is 0. The van der Waals surface area contributed by atoms with Crippen LogP contribution in [0.15, 0.2) is 18.3 Å². The van der Waals surface area contributed by atoms with Gasteiger partial charge in [0.1, 0.15) is 0 Å². The molecule has 19 heavy (non-hydrogen) atoms. The second-order valence-corrected chi connectivity index (χ2v) is 4.08. The Balaban J connectivity index is 1.96. The monoisotopic (exact) mass is 261 g/mol. The van der Waals surface area contributed by atoms with Gasteiger partial charge in [0.25, 0.3) is 0 Å².